The molecule has 150 valence electrons. The Labute approximate surface area is 172 Å². The van der Waals surface area contributed by atoms with Gasteiger partial charge < -0.3 is 10.1 Å². The molecule has 1 aromatic heterocycles. The molecule has 0 spiro atoms. The summed E-state index contributed by atoms with van der Waals surface area (Å²) >= 11 is 0. The number of carbonyl (C=O) groups excluding carboxylic acids is 2. The molecule has 3 aromatic rings. The van der Waals surface area contributed by atoms with Gasteiger partial charge in [0.25, 0.3) is 11.8 Å². The second-order valence-electron chi connectivity index (χ2n) is 6.47. The molecule has 9 heteroatoms. The van der Waals surface area contributed by atoms with Crippen molar-refractivity contribution >= 4 is 29.0 Å². The third kappa shape index (κ3) is 4.41. The van der Waals surface area contributed by atoms with Gasteiger partial charge in [-0.1, -0.05) is 23.8 Å². The van der Waals surface area contributed by atoms with Gasteiger partial charge in [-0.05, 0) is 31.2 Å². The van der Waals surface area contributed by atoms with E-state index in [1.165, 1.54) is 17.4 Å². The lowest BCUT2D eigenvalue weighted by molar-refractivity contribution is -0.118. The van der Waals surface area contributed by atoms with Crippen molar-refractivity contribution in [2.24, 2.45) is 4.99 Å². The Balaban J connectivity index is 1.45. The summed E-state index contributed by atoms with van der Waals surface area (Å²) in [6.07, 6.45) is 4.56. The van der Waals surface area contributed by atoms with Gasteiger partial charge in [-0.3, -0.25) is 25.0 Å². The van der Waals surface area contributed by atoms with E-state index in [9.17, 15) is 9.59 Å². The van der Waals surface area contributed by atoms with Gasteiger partial charge in [0, 0.05) is 24.1 Å². The minimum absolute atomic E-state index is 0.0374. The molecule has 0 bridgehead atoms. The first kappa shape index (κ1) is 19.1. The molecule has 0 aliphatic carbocycles. The molecule has 4 rings (SSSR count). The average molecular weight is 402 g/mol. The number of amidine groups is 1. The Bertz CT molecular complexity index is 1100. The third-order valence-electron chi connectivity index (χ3n) is 4.20. The van der Waals surface area contributed by atoms with Gasteiger partial charge in [-0.15, -0.1) is 0 Å². The molecule has 2 amide bonds. The maximum absolute atomic E-state index is 12.7. The standard InChI is InChI=1S/C21H18N6O3/c1-14-5-7-16(8-6-14)27-19(28)13-24-20(26-27)21(29)25-15-3-2-4-17(11-15)30-18-12-22-9-10-23-18/h2-12H,13H2,1H3,(H,24,26)(H,25,29). The first-order chi connectivity index (χ1) is 14.6. The lowest BCUT2D eigenvalue weighted by atomic mass is 10.2. The number of nitrogens with zero attached hydrogens (tertiary/aromatic N) is 4. The predicted octanol–water partition coefficient (Wildman–Crippen LogP) is 2.47. The summed E-state index contributed by atoms with van der Waals surface area (Å²) in [5.41, 5.74) is 4.99. The molecule has 0 fully saturated rings. The van der Waals surface area contributed by atoms with Gasteiger partial charge in [0.2, 0.25) is 11.7 Å². The van der Waals surface area contributed by atoms with Crippen molar-refractivity contribution < 1.29 is 14.3 Å². The third-order valence-corrected chi connectivity index (χ3v) is 4.20. The molecule has 2 aromatic carbocycles. The number of amides is 2. The Kier molecular flexibility index (Phi) is 5.33. The number of anilines is 2. The number of hydrogen-bond acceptors (Lipinski definition) is 7. The lowest BCUT2D eigenvalue weighted by Gasteiger charge is -2.27. The van der Waals surface area contributed by atoms with E-state index < -0.39 is 5.91 Å². The van der Waals surface area contributed by atoms with Gasteiger partial charge in [-0.25, -0.2) is 9.99 Å². The summed E-state index contributed by atoms with van der Waals surface area (Å²) in [7, 11) is 0. The van der Waals surface area contributed by atoms with E-state index >= 15 is 0 Å². The zero-order valence-corrected chi connectivity index (χ0v) is 16.1. The summed E-state index contributed by atoms with van der Waals surface area (Å²) < 4.78 is 5.62. The van der Waals surface area contributed by atoms with Crippen LogP contribution in [0.4, 0.5) is 11.4 Å². The summed E-state index contributed by atoms with van der Waals surface area (Å²) in [5, 5.41) is 4.06. The lowest BCUT2D eigenvalue weighted by Crippen LogP contribution is -2.54. The van der Waals surface area contributed by atoms with Crippen LogP contribution in [0, 0.1) is 6.92 Å². The summed E-state index contributed by atoms with van der Waals surface area (Å²) in [6, 6.07) is 14.2. The largest absolute Gasteiger partial charge is 0.437 e. The van der Waals surface area contributed by atoms with E-state index in [1.54, 1.807) is 42.6 Å². The quantitative estimate of drug-likeness (QED) is 0.679. The molecule has 30 heavy (non-hydrogen) atoms. The highest BCUT2D eigenvalue weighted by molar-refractivity contribution is 6.43. The molecule has 0 saturated heterocycles. The fourth-order valence-electron chi connectivity index (χ4n) is 2.73. The highest BCUT2D eigenvalue weighted by atomic mass is 16.5. The number of carbonyl (C=O) groups is 2. The molecule has 2 heterocycles. The molecule has 1 aliphatic heterocycles. The van der Waals surface area contributed by atoms with Gasteiger partial charge in [-0.2, -0.15) is 0 Å². The van der Waals surface area contributed by atoms with E-state index in [0.717, 1.165) is 5.56 Å². The van der Waals surface area contributed by atoms with Crippen LogP contribution in [0.1, 0.15) is 5.56 Å². The highest BCUT2D eigenvalue weighted by Crippen LogP contribution is 2.22. The molecule has 0 unspecified atom stereocenters. The van der Waals surface area contributed by atoms with E-state index in [1.807, 2.05) is 19.1 Å². The maximum Gasteiger partial charge on any atom is 0.292 e. The minimum Gasteiger partial charge on any atom is -0.437 e. The number of ether oxygens (including phenoxy) is 1. The Morgan fingerprint density at radius 2 is 2.00 bits per heavy atom. The first-order valence-electron chi connectivity index (χ1n) is 9.14. The van der Waals surface area contributed by atoms with Crippen LogP contribution in [-0.4, -0.2) is 34.2 Å². The van der Waals surface area contributed by atoms with Crippen molar-refractivity contribution in [2.75, 3.05) is 16.9 Å². The number of hydrogen-bond donors (Lipinski definition) is 2. The molecule has 0 atom stereocenters. The van der Waals surface area contributed by atoms with Crippen molar-refractivity contribution in [2.45, 2.75) is 6.92 Å². The Morgan fingerprint density at radius 3 is 2.77 bits per heavy atom. The van der Waals surface area contributed by atoms with Crippen LogP contribution >= 0.6 is 0 Å². The van der Waals surface area contributed by atoms with Crippen LogP contribution in [0.25, 0.3) is 0 Å². The number of aliphatic imine (C=N–C) groups is 1. The topological polar surface area (TPSA) is 109 Å². The van der Waals surface area contributed by atoms with E-state index in [4.69, 9.17) is 4.74 Å². The van der Waals surface area contributed by atoms with Crippen LogP contribution < -0.4 is 20.5 Å². The van der Waals surface area contributed by atoms with E-state index in [0.29, 0.717) is 23.0 Å². The maximum atomic E-state index is 12.7. The van der Waals surface area contributed by atoms with Crippen LogP contribution in [0.2, 0.25) is 0 Å². The van der Waals surface area contributed by atoms with Gasteiger partial charge in [0.1, 0.15) is 12.3 Å². The fraction of sp³-hybridized carbons (Fsp3) is 0.0952. The summed E-state index contributed by atoms with van der Waals surface area (Å²) in [5.74, 6) is 0.135. The molecule has 2 N–H and O–H groups in total. The number of nitrogens with one attached hydrogen (secondary N) is 2. The monoisotopic (exact) mass is 402 g/mol. The van der Waals surface area contributed by atoms with Crippen LogP contribution in [-0.2, 0) is 9.59 Å². The molecular weight excluding hydrogens is 384 g/mol. The number of rotatable bonds is 5. The SMILES string of the molecule is Cc1ccc(N2NC(C(=O)Nc3cccc(Oc4cnccn4)c3)=NCC2=O)cc1. The molecule has 9 nitrogen and oxygen atoms in total. The molecule has 0 radical (unpaired) electrons. The van der Waals surface area contributed by atoms with Gasteiger partial charge >= 0.3 is 0 Å². The average Bonchev–Trinajstić information content (AvgIpc) is 2.76. The zero-order chi connectivity index (χ0) is 20.9. The number of hydrazine groups is 1. The van der Waals surface area contributed by atoms with Crippen molar-refractivity contribution in [3.8, 4) is 11.6 Å². The zero-order valence-electron chi connectivity index (χ0n) is 16.1. The number of benzene rings is 2. The molecular formula is C21H18N6O3. The smallest absolute Gasteiger partial charge is 0.292 e. The minimum atomic E-state index is -0.476. The predicted molar refractivity (Wildman–Crippen MR) is 111 cm³/mol. The summed E-state index contributed by atoms with van der Waals surface area (Å²) in [6.45, 7) is 1.83. The van der Waals surface area contributed by atoms with Gasteiger partial charge in [0.15, 0.2) is 0 Å². The van der Waals surface area contributed by atoms with E-state index in [-0.39, 0.29) is 18.3 Å². The van der Waals surface area contributed by atoms with Crippen molar-refractivity contribution in [1.29, 1.82) is 0 Å². The second-order valence-corrected chi connectivity index (χ2v) is 6.47. The molecule has 0 saturated carbocycles. The Hall–Kier alpha value is -4.27. The molecule has 1 aliphatic rings. The van der Waals surface area contributed by atoms with Crippen LogP contribution in [0.3, 0.4) is 0 Å². The van der Waals surface area contributed by atoms with Gasteiger partial charge in [0.05, 0.1) is 11.9 Å². The van der Waals surface area contributed by atoms with Crippen molar-refractivity contribution in [3.63, 3.8) is 0 Å². The summed E-state index contributed by atoms with van der Waals surface area (Å²) in [4.78, 5) is 36.9. The first-order valence-corrected chi connectivity index (χ1v) is 9.14. The Morgan fingerprint density at radius 1 is 1.17 bits per heavy atom. The number of aryl methyl sites for hydroxylation is 1. The van der Waals surface area contributed by atoms with E-state index in [2.05, 4.69) is 25.7 Å². The van der Waals surface area contributed by atoms with Crippen molar-refractivity contribution in [3.05, 3.63) is 72.7 Å². The van der Waals surface area contributed by atoms with Crippen LogP contribution in [0.5, 0.6) is 11.6 Å². The fourth-order valence-corrected chi connectivity index (χ4v) is 2.73. The highest BCUT2D eigenvalue weighted by Gasteiger charge is 2.25. The number of aromatic nitrogens is 2. The van der Waals surface area contributed by atoms with Crippen molar-refractivity contribution in [1.82, 2.24) is 15.4 Å². The second kappa shape index (κ2) is 8.39. The normalized spacial score (nSPS) is 13.3. The van der Waals surface area contributed by atoms with Crippen LogP contribution in [0.15, 0.2) is 72.1 Å².